The SMILES string of the molecule is O=[N+]([O-])c1nccn1CC1CCCO1. The lowest BCUT2D eigenvalue weighted by Gasteiger charge is -2.07. The van der Waals surface area contributed by atoms with E-state index in [0.717, 1.165) is 19.4 Å². The molecule has 1 fully saturated rings. The topological polar surface area (TPSA) is 70.2 Å². The first-order valence-corrected chi connectivity index (χ1v) is 4.54. The van der Waals surface area contributed by atoms with Gasteiger partial charge in [-0.25, -0.2) is 4.57 Å². The van der Waals surface area contributed by atoms with Gasteiger partial charge in [-0.05, 0) is 17.8 Å². The Bertz CT molecular complexity index is 330. The van der Waals surface area contributed by atoms with E-state index in [1.54, 1.807) is 6.20 Å². The van der Waals surface area contributed by atoms with Crippen molar-refractivity contribution in [3.05, 3.63) is 22.5 Å². The third-order valence-corrected chi connectivity index (χ3v) is 2.28. The van der Waals surface area contributed by atoms with Gasteiger partial charge in [0, 0.05) is 6.61 Å². The highest BCUT2D eigenvalue weighted by molar-refractivity contribution is 5.06. The molecule has 1 aromatic heterocycles. The van der Waals surface area contributed by atoms with Gasteiger partial charge in [-0.2, -0.15) is 0 Å². The molecule has 0 spiro atoms. The second-order valence-corrected chi connectivity index (χ2v) is 3.27. The second kappa shape index (κ2) is 3.75. The van der Waals surface area contributed by atoms with E-state index in [9.17, 15) is 10.1 Å². The van der Waals surface area contributed by atoms with Gasteiger partial charge in [0.25, 0.3) is 0 Å². The smallest absolute Gasteiger partial charge is 0.390 e. The Kier molecular flexibility index (Phi) is 2.45. The van der Waals surface area contributed by atoms with Crippen molar-refractivity contribution in [2.45, 2.75) is 25.5 Å². The Morgan fingerprint density at radius 1 is 1.79 bits per heavy atom. The molecule has 1 unspecified atom stereocenters. The summed E-state index contributed by atoms with van der Waals surface area (Å²) >= 11 is 0. The standard InChI is InChI=1S/C8H11N3O3/c12-11(13)8-9-3-4-10(8)6-7-2-1-5-14-7/h3-4,7H,1-2,5-6H2. The Morgan fingerprint density at radius 2 is 2.64 bits per heavy atom. The fraction of sp³-hybridized carbons (Fsp3) is 0.625. The predicted octanol–water partition coefficient (Wildman–Crippen LogP) is 0.970. The molecule has 6 nitrogen and oxygen atoms in total. The molecule has 1 aromatic rings. The van der Waals surface area contributed by atoms with Crippen molar-refractivity contribution >= 4 is 5.95 Å². The number of rotatable bonds is 3. The van der Waals surface area contributed by atoms with Crippen LogP contribution in [0.4, 0.5) is 5.95 Å². The van der Waals surface area contributed by atoms with E-state index in [1.807, 2.05) is 0 Å². The molecule has 1 aliphatic rings. The lowest BCUT2D eigenvalue weighted by Crippen LogP contribution is -2.15. The van der Waals surface area contributed by atoms with Crippen LogP contribution in [0.3, 0.4) is 0 Å². The molecular formula is C8H11N3O3. The van der Waals surface area contributed by atoms with Crippen molar-refractivity contribution in [1.82, 2.24) is 9.55 Å². The van der Waals surface area contributed by atoms with E-state index in [0.29, 0.717) is 6.54 Å². The molecule has 6 heteroatoms. The minimum absolute atomic E-state index is 0.0999. The van der Waals surface area contributed by atoms with Crippen LogP contribution in [-0.2, 0) is 11.3 Å². The number of nitrogens with zero attached hydrogens (tertiary/aromatic N) is 3. The number of ether oxygens (including phenoxy) is 1. The van der Waals surface area contributed by atoms with Crippen molar-refractivity contribution < 1.29 is 9.66 Å². The summed E-state index contributed by atoms with van der Waals surface area (Å²) < 4.78 is 6.91. The van der Waals surface area contributed by atoms with Crippen molar-refractivity contribution in [2.24, 2.45) is 0 Å². The molecule has 0 radical (unpaired) electrons. The van der Waals surface area contributed by atoms with Gasteiger partial charge in [-0.3, -0.25) is 0 Å². The van der Waals surface area contributed by atoms with Gasteiger partial charge in [-0.15, -0.1) is 0 Å². The highest BCUT2D eigenvalue weighted by Gasteiger charge is 2.21. The van der Waals surface area contributed by atoms with Gasteiger partial charge >= 0.3 is 5.95 Å². The first-order valence-electron chi connectivity index (χ1n) is 4.54. The summed E-state index contributed by atoms with van der Waals surface area (Å²) in [5.41, 5.74) is 0. The van der Waals surface area contributed by atoms with Crippen LogP contribution in [0, 0.1) is 10.1 Å². The minimum Gasteiger partial charge on any atom is -0.390 e. The summed E-state index contributed by atoms with van der Waals surface area (Å²) in [7, 11) is 0. The summed E-state index contributed by atoms with van der Waals surface area (Å²) in [6, 6.07) is 0. The Morgan fingerprint density at radius 3 is 3.29 bits per heavy atom. The molecule has 1 atom stereocenters. The molecule has 2 heterocycles. The van der Waals surface area contributed by atoms with Gasteiger partial charge < -0.3 is 14.9 Å². The van der Waals surface area contributed by atoms with E-state index in [4.69, 9.17) is 4.74 Å². The zero-order chi connectivity index (χ0) is 9.97. The van der Waals surface area contributed by atoms with Crippen LogP contribution in [0.1, 0.15) is 12.8 Å². The van der Waals surface area contributed by atoms with Gasteiger partial charge in [0.1, 0.15) is 12.4 Å². The molecule has 1 aliphatic heterocycles. The van der Waals surface area contributed by atoms with Crippen molar-refractivity contribution in [3.63, 3.8) is 0 Å². The number of hydrogen-bond acceptors (Lipinski definition) is 4. The monoisotopic (exact) mass is 197 g/mol. The normalized spacial score (nSPS) is 21.3. The van der Waals surface area contributed by atoms with Crippen LogP contribution in [0.5, 0.6) is 0 Å². The molecule has 2 rings (SSSR count). The number of nitro groups is 1. The molecule has 0 saturated carbocycles. The van der Waals surface area contributed by atoms with Crippen LogP contribution in [-0.4, -0.2) is 27.2 Å². The lowest BCUT2D eigenvalue weighted by molar-refractivity contribution is -0.397. The third-order valence-electron chi connectivity index (χ3n) is 2.28. The lowest BCUT2D eigenvalue weighted by atomic mass is 10.2. The summed E-state index contributed by atoms with van der Waals surface area (Å²) in [5.74, 6) is -0.111. The van der Waals surface area contributed by atoms with E-state index in [2.05, 4.69) is 4.98 Å². The molecule has 1 saturated heterocycles. The fourth-order valence-corrected chi connectivity index (χ4v) is 1.62. The average molecular weight is 197 g/mol. The first kappa shape index (κ1) is 9.14. The van der Waals surface area contributed by atoms with E-state index in [-0.39, 0.29) is 12.1 Å². The molecule has 76 valence electrons. The number of aromatic nitrogens is 2. The zero-order valence-electron chi connectivity index (χ0n) is 7.63. The highest BCUT2D eigenvalue weighted by Crippen LogP contribution is 2.16. The number of imidazole rings is 1. The van der Waals surface area contributed by atoms with Crippen molar-refractivity contribution in [1.29, 1.82) is 0 Å². The van der Waals surface area contributed by atoms with Gasteiger partial charge in [-0.1, -0.05) is 4.98 Å². The van der Waals surface area contributed by atoms with Gasteiger partial charge in [0.05, 0.1) is 12.6 Å². The van der Waals surface area contributed by atoms with Crippen molar-refractivity contribution in [3.8, 4) is 0 Å². The van der Waals surface area contributed by atoms with Gasteiger partial charge in [0.2, 0.25) is 0 Å². The fourth-order valence-electron chi connectivity index (χ4n) is 1.62. The largest absolute Gasteiger partial charge is 0.434 e. The average Bonchev–Trinajstić information content (AvgIpc) is 2.75. The third kappa shape index (κ3) is 1.74. The molecule has 0 aromatic carbocycles. The van der Waals surface area contributed by atoms with E-state index in [1.165, 1.54) is 10.8 Å². The van der Waals surface area contributed by atoms with Crippen LogP contribution >= 0.6 is 0 Å². The highest BCUT2D eigenvalue weighted by atomic mass is 16.6. The first-order chi connectivity index (χ1) is 6.77. The molecule has 0 amide bonds. The summed E-state index contributed by atoms with van der Waals surface area (Å²) in [6.45, 7) is 1.28. The Labute approximate surface area is 80.7 Å². The van der Waals surface area contributed by atoms with Gasteiger partial charge in [0.15, 0.2) is 0 Å². The minimum atomic E-state index is -0.477. The maximum absolute atomic E-state index is 10.5. The molecule has 14 heavy (non-hydrogen) atoms. The number of hydrogen-bond donors (Lipinski definition) is 0. The molecular weight excluding hydrogens is 186 g/mol. The van der Waals surface area contributed by atoms with Crippen LogP contribution < -0.4 is 0 Å². The van der Waals surface area contributed by atoms with Crippen LogP contribution in [0.15, 0.2) is 12.4 Å². The molecule has 0 bridgehead atoms. The van der Waals surface area contributed by atoms with E-state index < -0.39 is 4.92 Å². The maximum atomic E-state index is 10.5. The van der Waals surface area contributed by atoms with Crippen LogP contribution in [0.25, 0.3) is 0 Å². The maximum Gasteiger partial charge on any atom is 0.434 e. The van der Waals surface area contributed by atoms with Crippen molar-refractivity contribution in [2.75, 3.05) is 6.61 Å². The Balaban J connectivity index is 2.07. The zero-order valence-corrected chi connectivity index (χ0v) is 7.63. The Hall–Kier alpha value is -1.43. The summed E-state index contributed by atoms with van der Waals surface area (Å²) in [4.78, 5) is 13.7. The van der Waals surface area contributed by atoms with E-state index >= 15 is 0 Å². The molecule has 0 aliphatic carbocycles. The molecule has 0 N–H and O–H groups in total. The second-order valence-electron chi connectivity index (χ2n) is 3.27. The predicted molar refractivity (Wildman–Crippen MR) is 47.9 cm³/mol. The van der Waals surface area contributed by atoms with Crippen LogP contribution in [0.2, 0.25) is 0 Å². The summed E-state index contributed by atoms with van der Waals surface area (Å²) in [6.07, 6.45) is 5.15. The quantitative estimate of drug-likeness (QED) is 0.534. The summed E-state index contributed by atoms with van der Waals surface area (Å²) in [5, 5.41) is 10.5.